The lowest BCUT2D eigenvalue weighted by atomic mass is 9.88. The zero-order valence-electron chi connectivity index (χ0n) is 10.0. The van der Waals surface area contributed by atoms with Crippen LogP contribution in [0, 0.1) is 0 Å². The van der Waals surface area contributed by atoms with E-state index in [0.717, 1.165) is 0 Å². The van der Waals surface area contributed by atoms with Crippen LogP contribution in [0.2, 0.25) is 0 Å². The van der Waals surface area contributed by atoms with Crippen LogP contribution in [0.15, 0.2) is 24.3 Å². The Kier molecular flexibility index (Phi) is 5.86. The van der Waals surface area contributed by atoms with Gasteiger partial charge in [0.05, 0.1) is 0 Å². The van der Waals surface area contributed by atoms with E-state index in [1.54, 1.807) is 11.1 Å². The van der Waals surface area contributed by atoms with Gasteiger partial charge in [-0.15, -0.1) is 12.4 Å². The molecule has 0 heterocycles. The Morgan fingerprint density at radius 1 is 1.25 bits per heavy atom. The van der Waals surface area contributed by atoms with E-state index in [1.807, 2.05) is 0 Å². The summed E-state index contributed by atoms with van der Waals surface area (Å²) in [6, 6.07) is 9.59. The predicted molar refractivity (Wildman–Crippen MR) is 72.4 cm³/mol. The molecule has 2 rings (SSSR count). The van der Waals surface area contributed by atoms with Crippen molar-refractivity contribution in [2.24, 2.45) is 0 Å². The lowest BCUT2D eigenvalue weighted by molar-refractivity contribution is 0.453. The third-order valence-corrected chi connectivity index (χ3v) is 3.31. The molecule has 0 spiro atoms. The number of halogens is 1. The minimum absolute atomic E-state index is 0. The van der Waals surface area contributed by atoms with Gasteiger partial charge in [-0.2, -0.15) is 0 Å². The summed E-state index contributed by atoms with van der Waals surface area (Å²) in [5.41, 5.74) is 3.11. The monoisotopic (exact) mass is 239 g/mol. The second-order valence-corrected chi connectivity index (χ2v) is 4.52. The molecule has 1 N–H and O–H groups in total. The Morgan fingerprint density at radius 3 is 2.75 bits per heavy atom. The zero-order chi connectivity index (χ0) is 10.5. The minimum Gasteiger partial charge on any atom is -0.314 e. The van der Waals surface area contributed by atoms with Gasteiger partial charge in [-0.3, -0.25) is 0 Å². The molecule has 2 heteroatoms. The summed E-state index contributed by atoms with van der Waals surface area (Å²) in [7, 11) is 0. The first kappa shape index (κ1) is 13.5. The maximum atomic E-state index is 3.66. The molecule has 0 aliphatic heterocycles. The normalized spacial score (nSPS) is 18.7. The van der Waals surface area contributed by atoms with Crippen LogP contribution in [-0.2, 0) is 12.8 Å². The third-order valence-electron chi connectivity index (χ3n) is 3.31. The van der Waals surface area contributed by atoms with Crippen LogP contribution in [0.5, 0.6) is 0 Å². The molecule has 0 saturated heterocycles. The van der Waals surface area contributed by atoms with Crippen LogP contribution in [0.3, 0.4) is 0 Å². The van der Waals surface area contributed by atoms with Crippen LogP contribution in [0.4, 0.5) is 0 Å². The Hall–Kier alpha value is -0.530. The summed E-state index contributed by atoms with van der Waals surface area (Å²) < 4.78 is 0. The van der Waals surface area contributed by atoms with Gasteiger partial charge in [-0.25, -0.2) is 0 Å². The Bertz CT molecular complexity index is 311. The molecule has 0 radical (unpaired) electrons. The molecule has 1 atom stereocenters. The van der Waals surface area contributed by atoms with Crippen molar-refractivity contribution in [1.82, 2.24) is 5.32 Å². The highest BCUT2D eigenvalue weighted by Gasteiger charge is 2.16. The van der Waals surface area contributed by atoms with E-state index in [0.29, 0.717) is 6.04 Å². The molecule has 90 valence electrons. The van der Waals surface area contributed by atoms with Crippen molar-refractivity contribution in [3.63, 3.8) is 0 Å². The SMILES string of the molecule is CCCCNC1CCc2ccccc2C1.Cl. The van der Waals surface area contributed by atoms with Crippen LogP contribution in [0.1, 0.15) is 37.3 Å². The molecule has 1 nitrogen and oxygen atoms in total. The highest BCUT2D eigenvalue weighted by molar-refractivity contribution is 5.85. The van der Waals surface area contributed by atoms with E-state index < -0.39 is 0 Å². The van der Waals surface area contributed by atoms with Crippen molar-refractivity contribution in [2.75, 3.05) is 6.54 Å². The van der Waals surface area contributed by atoms with Gasteiger partial charge in [0.25, 0.3) is 0 Å². The van der Waals surface area contributed by atoms with Gasteiger partial charge in [-0.05, 0) is 43.4 Å². The standard InChI is InChI=1S/C14H21N.ClH/c1-2-3-10-15-14-9-8-12-6-4-5-7-13(12)11-14;/h4-7,14-15H,2-3,8-11H2,1H3;1H. The number of unbranched alkanes of at least 4 members (excludes halogenated alkanes) is 1. The Balaban J connectivity index is 0.00000128. The fourth-order valence-electron chi connectivity index (χ4n) is 2.35. The Labute approximate surface area is 105 Å². The van der Waals surface area contributed by atoms with Crippen LogP contribution >= 0.6 is 12.4 Å². The van der Waals surface area contributed by atoms with Crippen molar-refractivity contribution in [2.45, 2.75) is 45.1 Å². The number of hydrogen-bond donors (Lipinski definition) is 1. The first-order chi connectivity index (χ1) is 7.40. The van der Waals surface area contributed by atoms with Crippen molar-refractivity contribution in [3.05, 3.63) is 35.4 Å². The molecule has 1 aliphatic carbocycles. The lowest BCUT2D eigenvalue weighted by Gasteiger charge is -2.25. The molecular weight excluding hydrogens is 218 g/mol. The number of aryl methyl sites for hydroxylation is 1. The second kappa shape index (κ2) is 6.93. The summed E-state index contributed by atoms with van der Waals surface area (Å²) in [6.45, 7) is 3.43. The average Bonchev–Trinajstić information content (AvgIpc) is 2.29. The molecular formula is C14H22ClN. The van der Waals surface area contributed by atoms with Crippen molar-refractivity contribution in [3.8, 4) is 0 Å². The highest BCUT2D eigenvalue weighted by atomic mass is 35.5. The quantitative estimate of drug-likeness (QED) is 0.795. The molecule has 1 aromatic carbocycles. The molecule has 0 aromatic heterocycles. The van der Waals surface area contributed by atoms with Gasteiger partial charge < -0.3 is 5.32 Å². The fourth-order valence-corrected chi connectivity index (χ4v) is 2.35. The van der Waals surface area contributed by atoms with E-state index in [4.69, 9.17) is 0 Å². The molecule has 1 aliphatic rings. The van der Waals surface area contributed by atoms with E-state index in [-0.39, 0.29) is 12.4 Å². The van der Waals surface area contributed by atoms with Crippen molar-refractivity contribution in [1.29, 1.82) is 0 Å². The van der Waals surface area contributed by atoms with E-state index in [2.05, 4.69) is 36.5 Å². The number of fused-ring (bicyclic) bond motifs is 1. The molecule has 16 heavy (non-hydrogen) atoms. The van der Waals surface area contributed by atoms with Gasteiger partial charge in [0.2, 0.25) is 0 Å². The van der Waals surface area contributed by atoms with Gasteiger partial charge in [-0.1, -0.05) is 37.6 Å². The molecule has 0 amide bonds. The van der Waals surface area contributed by atoms with E-state index in [1.165, 1.54) is 38.6 Å². The number of hydrogen-bond acceptors (Lipinski definition) is 1. The Morgan fingerprint density at radius 2 is 2.00 bits per heavy atom. The van der Waals surface area contributed by atoms with Crippen molar-refractivity contribution >= 4 is 12.4 Å². The maximum absolute atomic E-state index is 3.66. The second-order valence-electron chi connectivity index (χ2n) is 4.52. The zero-order valence-corrected chi connectivity index (χ0v) is 10.9. The number of benzene rings is 1. The predicted octanol–water partition coefficient (Wildman–Crippen LogP) is 3.36. The topological polar surface area (TPSA) is 12.0 Å². The average molecular weight is 240 g/mol. The minimum atomic E-state index is 0. The highest BCUT2D eigenvalue weighted by Crippen LogP contribution is 2.20. The molecule has 1 unspecified atom stereocenters. The van der Waals surface area contributed by atoms with E-state index >= 15 is 0 Å². The van der Waals surface area contributed by atoms with Gasteiger partial charge in [0.15, 0.2) is 0 Å². The summed E-state index contributed by atoms with van der Waals surface area (Å²) in [5.74, 6) is 0. The molecule has 1 aromatic rings. The molecule has 0 fully saturated rings. The maximum Gasteiger partial charge on any atom is 0.0111 e. The summed E-state index contributed by atoms with van der Waals surface area (Å²) in [5, 5.41) is 3.66. The third kappa shape index (κ3) is 3.50. The van der Waals surface area contributed by atoms with Crippen LogP contribution in [-0.4, -0.2) is 12.6 Å². The molecule has 0 saturated carbocycles. The largest absolute Gasteiger partial charge is 0.314 e. The van der Waals surface area contributed by atoms with Gasteiger partial charge in [0.1, 0.15) is 0 Å². The summed E-state index contributed by atoms with van der Waals surface area (Å²) in [4.78, 5) is 0. The lowest BCUT2D eigenvalue weighted by Crippen LogP contribution is -2.35. The summed E-state index contributed by atoms with van der Waals surface area (Å²) >= 11 is 0. The van der Waals surface area contributed by atoms with Gasteiger partial charge in [0, 0.05) is 6.04 Å². The molecule has 0 bridgehead atoms. The van der Waals surface area contributed by atoms with Crippen molar-refractivity contribution < 1.29 is 0 Å². The first-order valence-corrected chi connectivity index (χ1v) is 6.20. The number of nitrogens with one attached hydrogen (secondary N) is 1. The van der Waals surface area contributed by atoms with E-state index in [9.17, 15) is 0 Å². The van der Waals surface area contributed by atoms with Crippen LogP contribution < -0.4 is 5.32 Å². The first-order valence-electron chi connectivity index (χ1n) is 6.20. The number of rotatable bonds is 4. The fraction of sp³-hybridized carbons (Fsp3) is 0.571. The van der Waals surface area contributed by atoms with Gasteiger partial charge >= 0.3 is 0 Å². The van der Waals surface area contributed by atoms with Crippen LogP contribution in [0.25, 0.3) is 0 Å². The smallest absolute Gasteiger partial charge is 0.0111 e. The summed E-state index contributed by atoms with van der Waals surface area (Å²) in [6.07, 6.45) is 6.37.